The fraction of sp³-hybridized carbons (Fsp3) is 0.276. The molecular formula is C29H31N3O5S. The molecule has 0 atom stereocenters. The number of aliphatic hydroxyl groups excluding tert-OH is 2. The molecule has 0 radical (unpaired) electrons. The molecule has 0 aliphatic rings. The third-order valence-electron chi connectivity index (χ3n) is 5.63. The first-order valence-corrected chi connectivity index (χ1v) is 14.0. The summed E-state index contributed by atoms with van der Waals surface area (Å²) in [5.74, 6) is 5.31. The maximum absolute atomic E-state index is 13.1. The van der Waals surface area contributed by atoms with E-state index >= 15 is 0 Å². The summed E-state index contributed by atoms with van der Waals surface area (Å²) in [6.45, 7) is 1.62. The number of ketones is 1. The molecule has 0 saturated heterocycles. The number of nitrogens with two attached hydrogens (primary N) is 1. The van der Waals surface area contributed by atoms with Crippen molar-refractivity contribution in [2.45, 2.75) is 26.2 Å². The van der Waals surface area contributed by atoms with Crippen molar-refractivity contribution < 1.29 is 24.0 Å². The molecule has 1 amide bonds. The minimum atomic E-state index is -2.95. The zero-order chi connectivity index (χ0) is 27.5. The molecule has 0 spiro atoms. The summed E-state index contributed by atoms with van der Waals surface area (Å²) in [6.07, 6.45) is 1.98. The molecule has 0 aliphatic heterocycles. The highest BCUT2D eigenvalue weighted by molar-refractivity contribution is 7.93. The van der Waals surface area contributed by atoms with Crippen LogP contribution in [0.4, 0.5) is 5.82 Å². The number of rotatable bonds is 10. The monoisotopic (exact) mass is 533 g/mol. The van der Waals surface area contributed by atoms with Crippen molar-refractivity contribution >= 4 is 27.2 Å². The summed E-state index contributed by atoms with van der Waals surface area (Å²) in [4.78, 5) is 29.6. The van der Waals surface area contributed by atoms with Gasteiger partial charge >= 0.3 is 0 Å². The first-order chi connectivity index (χ1) is 18.2. The van der Waals surface area contributed by atoms with Gasteiger partial charge in [-0.05, 0) is 43.5 Å². The number of hydrogen-bond acceptors (Lipinski definition) is 7. The van der Waals surface area contributed by atoms with E-state index in [1.807, 2.05) is 31.2 Å². The Morgan fingerprint density at radius 3 is 2.37 bits per heavy atom. The average molecular weight is 534 g/mol. The summed E-state index contributed by atoms with van der Waals surface area (Å²) in [5, 5.41) is 18.2. The first-order valence-electron chi connectivity index (χ1n) is 12.2. The molecule has 1 aromatic heterocycles. The van der Waals surface area contributed by atoms with Crippen molar-refractivity contribution in [3.8, 4) is 11.8 Å². The molecule has 0 unspecified atom stereocenters. The van der Waals surface area contributed by atoms with Crippen molar-refractivity contribution in [1.29, 1.82) is 0 Å². The van der Waals surface area contributed by atoms with Crippen molar-refractivity contribution in [3.05, 3.63) is 94.2 Å². The second-order valence-corrected chi connectivity index (χ2v) is 11.4. The summed E-state index contributed by atoms with van der Waals surface area (Å²) < 4.78 is 17.0. The van der Waals surface area contributed by atoms with E-state index < -0.39 is 15.6 Å². The van der Waals surface area contributed by atoms with Crippen LogP contribution in [0.5, 0.6) is 0 Å². The van der Waals surface area contributed by atoms with E-state index in [9.17, 15) is 13.8 Å². The normalized spacial score (nSPS) is 10.9. The topological polar surface area (TPSA) is 143 Å². The Morgan fingerprint density at radius 1 is 0.974 bits per heavy atom. The van der Waals surface area contributed by atoms with Gasteiger partial charge in [0.15, 0.2) is 5.78 Å². The standard InChI is InChI=1S/C29H31N3O5S/c1-21-6-2-8-23(16-21)18-27(35)24-9-3-7-22(17-24)10-11-25-19-26(20-31-28(25)30)29(36)32-38(37,14-4-12-33)15-5-13-34/h2-3,6-9,16-17,19-20,33-34H,4-5,12-15,18H2,1H3,(H2,30,31). The van der Waals surface area contributed by atoms with Gasteiger partial charge in [0.2, 0.25) is 0 Å². The van der Waals surface area contributed by atoms with Gasteiger partial charge in [0, 0.05) is 48.5 Å². The predicted octanol–water partition coefficient (Wildman–Crippen LogP) is 3.17. The highest BCUT2D eigenvalue weighted by atomic mass is 32.2. The SMILES string of the molecule is Cc1cccc(CC(=O)c2cccc(C#Cc3cc(C(=O)N=S(=O)(CCCO)CCCO)cnc3N)c2)c1. The Morgan fingerprint density at radius 2 is 1.68 bits per heavy atom. The minimum absolute atomic E-state index is 0.0272. The molecule has 1 heterocycles. The van der Waals surface area contributed by atoms with E-state index in [0.29, 0.717) is 16.7 Å². The lowest BCUT2D eigenvalue weighted by atomic mass is 10.0. The number of pyridine rings is 1. The highest BCUT2D eigenvalue weighted by Gasteiger charge is 2.15. The van der Waals surface area contributed by atoms with Crippen LogP contribution in [0.25, 0.3) is 0 Å². The van der Waals surface area contributed by atoms with Gasteiger partial charge in [0.1, 0.15) is 5.82 Å². The molecule has 3 rings (SSSR count). The van der Waals surface area contributed by atoms with Crippen LogP contribution in [0.15, 0.2) is 65.2 Å². The van der Waals surface area contributed by atoms with Crippen LogP contribution in [-0.2, 0) is 16.1 Å². The van der Waals surface area contributed by atoms with E-state index in [1.54, 1.807) is 24.3 Å². The Kier molecular flexibility index (Phi) is 10.3. The van der Waals surface area contributed by atoms with Gasteiger partial charge < -0.3 is 15.9 Å². The quantitative estimate of drug-likeness (QED) is 0.268. The number of aliphatic hydroxyl groups is 2. The fourth-order valence-corrected chi connectivity index (χ4v) is 5.64. The molecule has 8 nitrogen and oxygen atoms in total. The number of nitrogen functional groups attached to an aromatic ring is 1. The summed E-state index contributed by atoms with van der Waals surface area (Å²) in [7, 11) is -2.95. The number of carbonyl (C=O) groups is 2. The van der Waals surface area contributed by atoms with E-state index in [1.165, 1.54) is 12.3 Å². The molecule has 38 heavy (non-hydrogen) atoms. The number of hydrogen-bond donors (Lipinski definition) is 3. The largest absolute Gasteiger partial charge is 0.396 e. The van der Waals surface area contributed by atoms with Gasteiger partial charge in [-0.25, -0.2) is 9.19 Å². The molecular weight excluding hydrogens is 502 g/mol. The molecule has 2 aromatic carbocycles. The van der Waals surface area contributed by atoms with Crippen molar-refractivity contribution in [2.75, 3.05) is 30.5 Å². The highest BCUT2D eigenvalue weighted by Crippen LogP contribution is 2.15. The van der Waals surface area contributed by atoms with Crippen LogP contribution in [0, 0.1) is 18.8 Å². The Bertz CT molecular complexity index is 1480. The lowest BCUT2D eigenvalue weighted by molar-refractivity contribution is 0.0988. The Balaban J connectivity index is 1.83. The summed E-state index contributed by atoms with van der Waals surface area (Å²) in [5.41, 5.74) is 9.49. The van der Waals surface area contributed by atoms with Crippen LogP contribution >= 0.6 is 0 Å². The minimum Gasteiger partial charge on any atom is -0.396 e. The fourth-order valence-electron chi connectivity index (χ4n) is 3.69. The molecule has 3 aromatic rings. The summed E-state index contributed by atoms with van der Waals surface area (Å²) in [6, 6.07) is 16.2. The first kappa shape index (κ1) is 28.7. The third-order valence-corrected chi connectivity index (χ3v) is 7.98. The van der Waals surface area contributed by atoms with E-state index in [2.05, 4.69) is 21.2 Å². The number of Topliss-reactive ketones (excluding diaryl/α,β-unsaturated/α-hetero) is 1. The molecule has 0 bridgehead atoms. The summed E-state index contributed by atoms with van der Waals surface area (Å²) >= 11 is 0. The van der Waals surface area contributed by atoms with Gasteiger partial charge in [-0.3, -0.25) is 9.59 Å². The molecule has 0 aliphatic carbocycles. The van der Waals surface area contributed by atoms with Gasteiger partial charge in [-0.2, -0.15) is 4.36 Å². The predicted molar refractivity (Wildman–Crippen MR) is 148 cm³/mol. The van der Waals surface area contributed by atoms with Gasteiger partial charge in [-0.1, -0.05) is 53.8 Å². The lowest BCUT2D eigenvalue weighted by Crippen LogP contribution is -2.16. The Hall–Kier alpha value is -3.84. The zero-order valence-electron chi connectivity index (χ0n) is 21.2. The zero-order valence-corrected chi connectivity index (χ0v) is 22.0. The van der Waals surface area contributed by atoms with Crippen LogP contribution in [0.1, 0.15) is 55.8 Å². The van der Waals surface area contributed by atoms with Crippen molar-refractivity contribution in [1.82, 2.24) is 4.98 Å². The Labute approximate surface area is 223 Å². The van der Waals surface area contributed by atoms with Crippen LogP contribution < -0.4 is 5.73 Å². The maximum Gasteiger partial charge on any atom is 0.286 e. The van der Waals surface area contributed by atoms with E-state index in [-0.39, 0.29) is 61.1 Å². The number of aryl methyl sites for hydroxylation is 1. The molecule has 0 saturated carbocycles. The second kappa shape index (κ2) is 13.6. The van der Waals surface area contributed by atoms with Crippen molar-refractivity contribution in [3.63, 3.8) is 0 Å². The number of anilines is 1. The average Bonchev–Trinajstić information content (AvgIpc) is 2.90. The van der Waals surface area contributed by atoms with Crippen LogP contribution in [0.2, 0.25) is 0 Å². The molecule has 0 fully saturated rings. The van der Waals surface area contributed by atoms with Crippen molar-refractivity contribution in [2.24, 2.45) is 4.36 Å². The van der Waals surface area contributed by atoms with E-state index in [0.717, 1.165) is 11.1 Å². The number of carbonyl (C=O) groups excluding carboxylic acids is 2. The molecule has 4 N–H and O–H groups in total. The number of nitrogens with zero attached hydrogens (tertiary/aromatic N) is 2. The third kappa shape index (κ3) is 8.35. The molecule has 198 valence electrons. The van der Waals surface area contributed by atoms with Crippen LogP contribution in [0.3, 0.4) is 0 Å². The van der Waals surface area contributed by atoms with E-state index in [4.69, 9.17) is 15.9 Å². The van der Waals surface area contributed by atoms with Crippen LogP contribution in [-0.4, -0.2) is 55.8 Å². The second-order valence-electron chi connectivity index (χ2n) is 8.81. The number of benzene rings is 2. The maximum atomic E-state index is 13.1. The molecule has 9 heteroatoms. The van der Waals surface area contributed by atoms with Gasteiger partial charge in [0.25, 0.3) is 5.91 Å². The number of amides is 1. The lowest BCUT2D eigenvalue weighted by Gasteiger charge is -2.08. The van der Waals surface area contributed by atoms with Gasteiger partial charge in [-0.15, -0.1) is 0 Å². The number of aromatic nitrogens is 1. The van der Waals surface area contributed by atoms with Gasteiger partial charge in [0.05, 0.1) is 20.9 Å². The smallest absolute Gasteiger partial charge is 0.286 e.